The first-order valence-electron chi connectivity index (χ1n) is 4.59. The molecule has 0 spiro atoms. The molecule has 0 fully saturated rings. The summed E-state index contributed by atoms with van der Waals surface area (Å²) in [5, 5.41) is 18.3. The molecular formula is C11H13NO4. The van der Waals surface area contributed by atoms with Crippen molar-refractivity contribution in [1.82, 2.24) is 4.98 Å². The highest BCUT2D eigenvalue weighted by Crippen LogP contribution is 2.25. The minimum Gasteiger partial charge on any atom is -0.464 e. The first kappa shape index (κ1) is 12.5. The SMILES string of the molecule is C#Cc1ncc(CO)c(CO)c1OCOC. The monoisotopic (exact) mass is 223 g/mol. The summed E-state index contributed by atoms with van der Waals surface area (Å²) >= 11 is 0. The summed E-state index contributed by atoms with van der Waals surface area (Å²) in [6.45, 7) is -0.526. The Morgan fingerprint density at radius 1 is 1.44 bits per heavy atom. The van der Waals surface area contributed by atoms with E-state index in [0.29, 0.717) is 11.1 Å². The van der Waals surface area contributed by atoms with Gasteiger partial charge in [-0.05, 0) is 5.92 Å². The average Bonchev–Trinajstić information content (AvgIpc) is 2.34. The number of nitrogens with zero attached hydrogens (tertiary/aromatic N) is 1. The molecule has 1 heterocycles. The third-order valence-corrected chi connectivity index (χ3v) is 2.01. The van der Waals surface area contributed by atoms with Gasteiger partial charge in [-0.25, -0.2) is 4.98 Å². The van der Waals surface area contributed by atoms with Crippen molar-refractivity contribution in [3.05, 3.63) is 23.0 Å². The Morgan fingerprint density at radius 2 is 2.19 bits per heavy atom. The molecule has 0 aliphatic heterocycles. The average molecular weight is 223 g/mol. The standard InChI is InChI=1S/C11H13NO4/c1-3-10-11(16-7-15-2)9(6-14)8(5-13)4-12-10/h1,4,13-14H,5-7H2,2H3. The van der Waals surface area contributed by atoms with Crippen molar-refractivity contribution in [2.45, 2.75) is 13.2 Å². The van der Waals surface area contributed by atoms with Gasteiger partial charge in [0.1, 0.15) is 0 Å². The quantitative estimate of drug-likeness (QED) is 0.544. The van der Waals surface area contributed by atoms with Gasteiger partial charge in [-0.2, -0.15) is 0 Å². The van der Waals surface area contributed by atoms with Crippen LogP contribution >= 0.6 is 0 Å². The lowest BCUT2D eigenvalue weighted by atomic mass is 10.1. The first-order chi connectivity index (χ1) is 7.78. The van der Waals surface area contributed by atoms with Gasteiger partial charge in [-0.15, -0.1) is 6.42 Å². The van der Waals surface area contributed by atoms with Crippen LogP contribution in [0.4, 0.5) is 0 Å². The minimum absolute atomic E-state index is 0.00174. The van der Waals surface area contributed by atoms with Gasteiger partial charge in [0.25, 0.3) is 0 Å². The zero-order valence-corrected chi connectivity index (χ0v) is 8.93. The second kappa shape index (κ2) is 6.08. The zero-order valence-electron chi connectivity index (χ0n) is 8.93. The third-order valence-electron chi connectivity index (χ3n) is 2.01. The molecule has 0 amide bonds. The summed E-state index contributed by atoms with van der Waals surface area (Å²) in [5.74, 6) is 2.62. The van der Waals surface area contributed by atoms with Gasteiger partial charge >= 0.3 is 0 Å². The summed E-state index contributed by atoms with van der Waals surface area (Å²) in [5.41, 5.74) is 1.19. The van der Waals surface area contributed by atoms with Gasteiger partial charge in [0.15, 0.2) is 18.2 Å². The second-order valence-corrected chi connectivity index (χ2v) is 2.95. The molecule has 0 unspecified atom stereocenters. The van der Waals surface area contributed by atoms with E-state index in [-0.39, 0.29) is 31.5 Å². The van der Waals surface area contributed by atoms with Crippen molar-refractivity contribution >= 4 is 0 Å². The lowest BCUT2D eigenvalue weighted by Crippen LogP contribution is -2.07. The van der Waals surface area contributed by atoms with Crippen LogP contribution < -0.4 is 4.74 Å². The van der Waals surface area contributed by atoms with E-state index in [1.165, 1.54) is 13.3 Å². The molecule has 5 nitrogen and oxygen atoms in total. The number of pyridine rings is 1. The summed E-state index contributed by atoms with van der Waals surface area (Å²) in [6, 6.07) is 0. The molecule has 0 radical (unpaired) electrons. The Bertz CT molecular complexity index is 398. The van der Waals surface area contributed by atoms with E-state index in [9.17, 15) is 5.11 Å². The van der Waals surface area contributed by atoms with Crippen molar-refractivity contribution in [3.8, 4) is 18.1 Å². The largest absolute Gasteiger partial charge is 0.464 e. The maximum atomic E-state index is 9.22. The molecule has 1 rings (SSSR count). The van der Waals surface area contributed by atoms with Crippen LogP contribution in [0.3, 0.4) is 0 Å². The number of hydrogen-bond donors (Lipinski definition) is 2. The molecule has 1 aromatic rings. The number of aliphatic hydroxyl groups is 2. The zero-order chi connectivity index (χ0) is 12.0. The molecule has 0 atom stereocenters. The minimum atomic E-state index is -0.286. The van der Waals surface area contributed by atoms with Crippen molar-refractivity contribution in [3.63, 3.8) is 0 Å². The maximum Gasteiger partial charge on any atom is 0.188 e. The van der Waals surface area contributed by atoms with Crippen LogP contribution in [0.1, 0.15) is 16.8 Å². The van der Waals surface area contributed by atoms with E-state index in [2.05, 4.69) is 10.9 Å². The molecule has 0 saturated carbocycles. The molecule has 86 valence electrons. The van der Waals surface area contributed by atoms with Crippen LogP contribution in [0.15, 0.2) is 6.20 Å². The normalized spacial score (nSPS) is 9.88. The van der Waals surface area contributed by atoms with E-state index in [4.69, 9.17) is 21.0 Å². The Labute approximate surface area is 93.7 Å². The molecule has 0 saturated heterocycles. The predicted octanol–water partition coefficient (Wildman–Crippen LogP) is 0.0302. The summed E-state index contributed by atoms with van der Waals surface area (Å²) in [6.07, 6.45) is 6.68. The molecule has 0 bridgehead atoms. The molecule has 0 aliphatic carbocycles. The Hall–Kier alpha value is -1.61. The summed E-state index contributed by atoms with van der Waals surface area (Å²) in [4.78, 5) is 3.94. The van der Waals surface area contributed by atoms with Crippen molar-refractivity contribution in [2.24, 2.45) is 0 Å². The van der Waals surface area contributed by atoms with E-state index < -0.39 is 0 Å². The van der Waals surface area contributed by atoms with Crippen LogP contribution in [0, 0.1) is 12.3 Å². The van der Waals surface area contributed by atoms with E-state index in [1.807, 2.05) is 0 Å². The fourth-order valence-corrected chi connectivity index (χ4v) is 1.25. The highest BCUT2D eigenvalue weighted by atomic mass is 16.7. The molecule has 5 heteroatoms. The van der Waals surface area contributed by atoms with Crippen LogP contribution in [0.25, 0.3) is 0 Å². The van der Waals surface area contributed by atoms with Gasteiger partial charge < -0.3 is 19.7 Å². The predicted molar refractivity (Wildman–Crippen MR) is 56.5 cm³/mol. The molecule has 1 aromatic heterocycles. The Morgan fingerprint density at radius 3 is 2.69 bits per heavy atom. The maximum absolute atomic E-state index is 9.22. The van der Waals surface area contributed by atoms with Gasteiger partial charge in [-0.1, -0.05) is 0 Å². The first-order valence-corrected chi connectivity index (χ1v) is 4.59. The number of aliphatic hydroxyl groups excluding tert-OH is 2. The van der Waals surface area contributed by atoms with Crippen LogP contribution in [-0.4, -0.2) is 29.1 Å². The lowest BCUT2D eigenvalue weighted by Gasteiger charge is -2.13. The summed E-state index contributed by atoms with van der Waals surface area (Å²) in [7, 11) is 1.47. The van der Waals surface area contributed by atoms with Crippen LogP contribution in [-0.2, 0) is 18.0 Å². The molecule has 0 aromatic carbocycles. The van der Waals surface area contributed by atoms with Gasteiger partial charge in [0, 0.05) is 24.4 Å². The molecular weight excluding hydrogens is 210 g/mol. The smallest absolute Gasteiger partial charge is 0.188 e. The number of rotatable bonds is 5. The number of hydrogen-bond acceptors (Lipinski definition) is 5. The van der Waals surface area contributed by atoms with E-state index in [0.717, 1.165) is 0 Å². The Kier molecular flexibility index (Phi) is 4.73. The number of methoxy groups -OCH3 is 1. The van der Waals surface area contributed by atoms with Crippen molar-refractivity contribution < 1.29 is 19.7 Å². The molecule has 0 aliphatic rings. The van der Waals surface area contributed by atoms with Crippen molar-refractivity contribution in [2.75, 3.05) is 13.9 Å². The second-order valence-electron chi connectivity index (χ2n) is 2.95. The fraction of sp³-hybridized carbons (Fsp3) is 0.364. The highest BCUT2D eigenvalue weighted by Gasteiger charge is 2.14. The molecule has 2 N–H and O–H groups in total. The fourth-order valence-electron chi connectivity index (χ4n) is 1.25. The Balaban J connectivity index is 3.21. The lowest BCUT2D eigenvalue weighted by molar-refractivity contribution is 0.0487. The third kappa shape index (κ3) is 2.49. The van der Waals surface area contributed by atoms with Crippen LogP contribution in [0.5, 0.6) is 5.75 Å². The van der Waals surface area contributed by atoms with Crippen molar-refractivity contribution in [1.29, 1.82) is 0 Å². The molecule has 16 heavy (non-hydrogen) atoms. The van der Waals surface area contributed by atoms with E-state index >= 15 is 0 Å². The summed E-state index contributed by atoms with van der Waals surface area (Å²) < 4.78 is 10.00. The van der Waals surface area contributed by atoms with Crippen LogP contribution in [0.2, 0.25) is 0 Å². The van der Waals surface area contributed by atoms with Gasteiger partial charge in [0.2, 0.25) is 0 Å². The van der Waals surface area contributed by atoms with E-state index in [1.54, 1.807) is 0 Å². The van der Waals surface area contributed by atoms with Gasteiger partial charge in [-0.3, -0.25) is 0 Å². The number of terminal acetylenes is 1. The number of aromatic nitrogens is 1. The highest BCUT2D eigenvalue weighted by molar-refractivity contribution is 5.48. The number of ether oxygens (including phenoxy) is 2. The van der Waals surface area contributed by atoms with Gasteiger partial charge in [0.05, 0.1) is 13.2 Å². The topological polar surface area (TPSA) is 71.8 Å².